The van der Waals surface area contributed by atoms with Crippen LogP contribution < -0.4 is 15.5 Å². The van der Waals surface area contributed by atoms with Gasteiger partial charge in [-0.2, -0.15) is 0 Å². The number of para-hydroxylation sites is 2. The molecule has 0 aromatic heterocycles. The molecule has 0 aliphatic carbocycles. The lowest BCUT2D eigenvalue weighted by Crippen LogP contribution is -2.36. The van der Waals surface area contributed by atoms with E-state index in [9.17, 15) is 4.79 Å². The molecular formula is C18H19Cl2N3O2. The minimum Gasteiger partial charge on any atom is -0.378 e. The molecule has 1 aliphatic rings. The zero-order chi connectivity index (χ0) is 17.6. The maximum atomic E-state index is 12.2. The van der Waals surface area contributed by atoms with Crippen LogP contribution in [0.5, 0.6) is 0 Å². The Morgan fingerprint density at radius 3 is 2.56 bits per heavy atom. The maximum Gasteiger partial charge on any atom is 0.243 e. The van der Waals surface area contributed by atoms with Gasteiger partial charge >= 0.3 is 0 Å². The SMILES string of the molecule is O=C(CNc1ccccc1N1CCOCC1)Nc1cccc(Cl)c1Cl. The first kappa shape index (κ1) is 17.9. The van der Waals surface area contributed by atoms with Gasteiger partial charge in [0.2, 0.25) is 5.91 Å². The summed E-state index contributed by atoms with van der Waals surface area (Å²) >= 11 is 12.1. The Hall–Kier alpha value is -1.95. The molecule has 3 rings (SSSR count). The normalized spacial score (nSPS) is 14.2. The average molecular weight is 380 g/mol. The van der Waals surface area contributed by atoms with E-state index in [1.54, 1.807) is 18.2 Å². The fourth-order valence-corrected chi connectivity index (χ4v) is 3.02. The van der Waals surface area contributed by atoms with Crippen LogP contribution in [0.4, 0.5) is 17.1 Å². The number of morpholine rings is 1. The number of carbonyl (C=O) groups excluding carboxylic acids is 1. The topological polar surface area (TPSA) is 53.6 Å². The second-order valence-corrected chi connectivity index (χ2v) is 6.40. The van der Waals surface area contributed by atoms with Crippen LogP contribution >= 0.6 is 23.2 Å². The molecule has 1 saturated heterocycles. The first-order valence-electron chi connectivity index (χ1n) is 8.04. The summed E-state index contributed by atoms with van der Waals surface area (Å²) in [6.07, 6.45) is 0. The zero-order valence-electron chi connectivity index (χ0n) is 13.6. The van der Waals surface area contributed by atoms with Crippen molar-refractivity contribution >= 4 is 46.2 Å². The molecule has 132 valence electrons. The molecule has 1 fully saturated rings. The molecule has 2 N–H and O–H groups in total. The summed E-state index contributed by atoms with van der Waals surface area (Å²) in [5, 5.41) is 6.71. The lowest BCUT2D eigenvalue weighted by molar-refractivity contribution is -0.114. The van der Waals surface area contributed by atoms with E-state index in [2.05, 4.69) is 15.5 Å². The molecule has 0 bridgehead atoms. The number of carbonyl (C=O) groups is 1. The molecule has 1 aliphatic heterocycles. The van der Waals surface area contributed by atoms with Gasteiger partial charge in [0.25, 0.3) is 0 Å². The van der Waals surface area contributed by atoms with Crippen LogP contribution in [-0.4, -0.2) is 38.8 Å². The van der Waals surface area contributed by atoms with Gasteiger partial charge in [-0.3, -0.25) is 4.79 Å². The highest BCUT2D eigenvalue weighted by molar-refractivity contribution is 6.44. The minimum atomic E-state index is -0.194. The number of nitrogens with one attached hydrogen (secondary N) is 2. The minimum absolute atomic E-state index is 0.129. The van der Waals surface area contributed by atoms with Crippen LogP contribution in [0.25, 0.3) is 0 Å². The Morgan fingerprint density at radius 1 is 1.04 bits per heavy atom. The molecule has 1 amide bonds. The smallest absolute Gasteiger partial charge is 0.243 e. The van der Waals surface area contributed by atoms with E-state index < -0.39 is 0 Å². The quantitative estimate of drug-likeness (QED) is 0.827. The van der Waals surface area contributed by atoms with Gasteiger partial charge in [-0.25, -0.2) is 0 Å². The molecule has 0 unspecified atom stereocenters. The lowest BCUT2D eigenvalue weighted by Gasteiger charge is -2.30. The summed E-state index contributed by atoms with van der Waals surface area (Å²) in [4.78, 5) is 14.5. The number of ether oxygens (including phenoxy) is 1. The molecule has 0 radical (unpaired) electrons. The van der Waals surface area contributed by atoms with Crippen LogP contribution in [0.2, 0.25) is 10.0 Å². The van der Waals surface area contributed by atoms with Crippen LogP contribution in [0.15, 0.2) is 42.5 Å². The predicted molar refractivity (Wildman–Crippen MR) is 103 cm³/mol. The summed E-state index contributed by atoms with van der Waals surface area (Å²) in [5.74, 6) is -0.194. The van der Waals surface area contributed by atoms with Crippen molar-refractivity contribution in [3.05, 3.63) is 52.5 Å². The molecule has 5 nitrogen and oxygen atoms in total. The molecule has 7 heteroatoms. The summed E-state index contributed by atoms with van der Waals surface area (Å²) < 4.78 is 5.40. The van der Waals surface area contributed by atoms with Crippen molar-refractivity contribution in [3.63, 3.8) is 0 Å². The van der Waals surface area contributed by atoms with Gasteiger partial charge in [0.15, 0.2) is 0 Å². The van der Waals surface area contributed by atoms with Crippen molar-refractivity contribution < 1.29 is 9.53 Å². The van der Waals surface area contributed by atoms with E-state index in [0.29, 0.717) is 28.9 Å². The van der Waals surface area contributed by atoms with Crippen molar-refractivity contribution in [1.82, 2.24) is 0 Å². The van der Waals surface area contributed by atoms with Gasteiger partial charge in [-0.15, -0.1) is 0 Å². The fourth-order valence-electron chi connectivity index (χ4n) is 2.67. The molecule has 2 aromatic carbocycles. The van der Waals surface area contributed by atoms with Gasteiger partial charge in [0, 0.05) is 13.1 Å². The van der Waals surface area contributed by atoms with Crippen LogP contribution in [0, 0.1) is 0 Å². The number of benzene rings is 2. The largest absolute Gasteiger partial charge is 0.378 e. The van der Waals surface area contributed by atoms with E-state index in [1.807, 2.05) is 24.3 Å². The Kier molecular flexibility index (Phi) is 6.02. The number of rotatable bonds is 5. The van der Waals surface area contributed by atoms with Crippen molar-refractivity contribution in [2.24, 2.45) is 0 Å². The monoisotopic (exact) mass is 379 g/mol. The average Bonchev–Trinajstić information content (AvgIpc) is 2.65. The van der Waals surface area contributed by atoms with Crippen molar-refractivity contribution in [2.45, 2.75) is 0 Å². The summed E-state index contributed by atoms with van der Waals surface area (Å²) in [6.45, 7) is 3.22. The summed E-state index contributed by atoms with van der Waals surface area (Å²) in [5.41, 5.74) is 2.48. The van der Waals surface area contributed by atoms with Crippen LogP contribution in [-0.2, 0) is 9.53 Å². The maximum absolute atomic E-state index is 12.2. The Balaban J connectivity index is 1.63. The highest BCUT2D eigenvalue weighted by atomic mass is 35.5. The second kappa shape index (κ2) is 8.43. The third kappa shape index (κ3) is 4.57. The highest BCUT2D eigenvalue weighted by Crippen LogP contribution is 2.30. The lowest BCUT2D eigenvalue weighted by atomic mass is 10.2. The van der Waals surface area contributed by atoms with E-state index in [4.69, 9.17) is 27.9 Å². The molecule has 0 atom stereocenters. The predicted octanol–water partition coefficient (Wildman–Crippen LogP) is 3.88. The first-order chi connectivity index (χ1) is 12.1. The number of amides is 1. The van der Waals surface area contributed by atoms with Gasteiger partial charge in [-0.1, -0.05) is 41.4 Å². The third-order valence-electron chi connectivity index (χ3n) is 3.92. The number of nitrogens with zero attached hydrogens (tertiary/aromatic N) is 1. The molecule has 2 aromatic rings. The molecule has 0 spiro atoms. The number of hydrogen-bond donors (Lipinski definition) is 2. The second-order valence-electron chi connectivity index (χ2n) is 5.62. The zero-order valence-corrected chi connectivity index (χ0v) is 15.1. The summed E-state index contributed by atoms with van der Waals surface area (Å²) in [6, 6.07) is 13.1. The van der Waals surface area contributed by atoms with E-state index >= 15 is 0 Å². The van der Waals surface area contributed by atoms with Crippen molar-refractivity contribution in [2.75, 3.05) is 48.4 Å². The van der Waals surface area contributed by atoms with Crippen LogP contribution in [0.1, 0.15) is 0 Å². The Labute approximate surface area is 156 Å². The number of halogens is 2. The standard InChI is InChI=1S/C18H19Cl2N3O2/c19-13-4-3-6-15(18(13)20)22-17(24)12-21-14-5-1-2-7-16(14)23-8-10-25-11-9-23/h1-7,21H,8-12H2,(H,22,24). The van der Waals surface area contributed by atoms with Gasteiger partial charge in [-0.05, 0) is 24.3 Å². The molecule has 25 heavy (non-hydrogen) atoms. The van der Waals surface area contributed by atoms with E-state index in [0.717, 1.165) is 24.5 Å². The van der Waals surface area contributed by atoms with E-state index in [-0.39, 0.29) is 12.5 Å². The Morgan fingerprint density at radius 2 is 1.76 bits per heavy atom. The molecular weight excluding hydrogens is 361 g/mol. The van der Waals surface area contributed by atoms with Crippen molar-refractivity contribution in [1.29, 1.82) is 0 Å². The molecule has 1 heterocycles. The van der Waals surface area contributed by atoms with Crippen LogP contribution in [0.3, 0.4) is 0 Å². The van der Waals surface area contributed by atoms with Crippen molar-refractivity contribution in [3.8, 4) is 0 Å². The first-order valence-corrected chi connectivity index (χ1v) is 8.80. The van der Waals surface area contributed by atoms with Gasteiger partial charge in [0.1, 0.15) is 0 Å². The number of hydrogen-bond acceptors (Lipinski definition) is 4. The highest BCUT2D eigenvalue weighted by Gasteiger charge is 2.15. The molecule has 0 saturated carbocycles. The Bertz CT molecular complexity index is 749. The third-order valence-corrected chi connectivity index (χ3v) is 4.74. The summed E-state index contributed by atoms with van der Waals surface area (Å²) in [7, 11) is 0. The van der Waals surface area contributed by atoms with E-state index in [1.165, 1.54) is 0 Å². The fraction of sp³-hybridized carbons (Fsp3) is 0.278. The van der Waals surface area contributed by atoms with Gasteiger partial charge in [0.05, 0.1) is 46.9 Å². The number of anilines is 3. The van der Waals surface area contributed by atoms with Gasteiger partial charge < -0.3 is 20.3 Å².